The molecule has 2 fully saturated rings. The Morgan fingerprint density at radius 2 is 2.10 bits per heavy atom. The fourth-order valence-corrected chi connectivity index (χ4v) is 6.87. The minimum absolute atomic E-state index is 0.253. The van der Waals surface area contributed by atoms with Gasteiger partial charge in [0, 0.05) is 24.0 Å². The molecule has 6 heteroatoms. The first-order valence-corrected chi connectivity index (χ1v) is 10.2. The minimum Gasteiger partial charge on any atom is -0.312 e. The van der Waals surface area contributed by atoms with E-state index in [9.17, 15) is 8.42 Å². The Morgan fingerprint density at radius 1 is 1.29 bits per heavy atom. The first-order valence-electron chi connectivity index (χ1n) is 7.94. The highest BCUT2D eigenvalue weighted by Gasteiger charge is 2.41. The molecule has 0 amide bonds. The van der Waals surface area contributed by atoms with E-state index in [1.165, 1.54) is 30.6 Å². The van der Waals surface area contributed by atoms with Gasteiger partial charge < -0.3 is 5.32 Å². The summed E-state index contributed by atoms with van der Waals surface area (Å²) in [5.41, 5.74) is 0. The molecule has 21 heavy (non-hydrogen) atoms. The lowest BCUT2D eigenvalue weighted by molar-refractivity contribution is 0.202. The Bertz CT molecular complexity index is 582. The third kappa shape index (κ3) is 3.04. The number of thiophene rings is 1. The summed E-state index contributed by atoms with van der Waals surface area (Å²) in [5.74, 6) is 0.592. The molecule has 4 nitrogen and oxygen atoms in total. The van der Waals surface area contributed by atoms with E-state index in [0.717, 1.165) is 30.8 Å². The van der Waals surface area contributed by atoms with Crippen LogP contribution < -0.4 is 5.32 Å². The van der Waals surface area contributed by atoms with Crippen LogP contribution in [0.15, 0.2) is 16.3 Å². The molecule has 1 aliphatic heterocycles. The quantitative estimate of drug-likeness (QED) is 0.904. The van der Waals surface area contributed by atoms with Crippen LogP contribution in [0.4, 0.5) is 0 Å². The van der Waals surface area contributed by atoms with Gasteiger partial charge in [0.2, 0.25) is 0 Å². The summed E-state index contributed by atoms with van der Waals surface area (Å²) >= 11 is 1.42. The fourth-order valence-electron chi connectivity index (χ4n) is 3.66. The molecule has 0 aromatic carbocycles. The van der Waals surface area contributed by atoms with E-state index in [1.54, 1.807) is 10.4 Å². The molecule has 0 spiro atoms. The van der Waals surface area contributed by atoms with Gasteiger partial charge in [-0.1, -0.05) is 13.3 Å². The van der Waals surface area contributed by atoms with E-state index in [2.05, 4.69) is 12.2 Å². The van der Waals surface area contributed by atoms with Gasteiger partial charge >= 0.3 is 0 Å². The SMILES string of the molecule is CCNCc1ccc(S(=O)(=O)N2CCCC3CCCC32)s1. The molecule has 1 saturated carbocycles. The molecule has 0 radical (unpaired) electrons. The Balaban J connectivity index is 1.80. The maximum Gasteiger partial charge on any atom is 0.252 e. The van der Waals surface area contributed by atoms with E-state index in [0.29, 0.717) is 16.7 Å². The molecule has 1 aliphatic carbocycles. The van der Waals surface area contributed by atoms with Crippen LogP contribution in [-0.4, -0.2) is 31.9 Å². The third-order valence-corrected chi connectivity index (χ3v) is 8.17. The standard InChI is InChI=1S/C15H24N2O2S2/c1-2-16-11-13-8-9-15(20-13)21(18,19)17-10-4-6-12-5-3-7-14(12)17/h8-9,12,14,16H,2-7,10-11H2,1H3. The number of piperidine rings is 1. The molecular formula is C15H24N2O2S2. The van der Waals surface area contributed by atoms with Crippen molar-refractivity contribution in [3.8, 4) is 0 Å². The van der Waals surface area contributed by atoms with Crippen molar-refractivity contribution in [2.75, 3.05) is 13.1 Å². The monoisotopic (exact) mass is 328 g/mol. The van der Waals surface area contributed by atoms with Crippen LogP contribution >= 0.6 is 11.3 Å². The van der Waals surface area contributed by atoms with Crippen molar-refractivity contribution < 1.29 is 8.42 Å². The van der Waals surface area contributed by atoms with Gasteiger partial charge in [0.05, 0.1) is 0 Å². The zero-order chi connectivity index (χ0) is 14.9. The topological polar surface area (TPSA) is 49.4 Å². The molecule has 1 aromatic heterocycles. The first kappa shape index (κ1) is 15.5. The van der Waals surface area contributed by atoms with E-state index in [4.69, 9.17) is 0 Å². The van der Waals surface area contributed by atoms with Gasteiger partial charge in [-0.25, -0.2) is 8.42 Å². The lowest BCUT2D eigenvalue weighted by Crippen LogP contribution is -2.45. The zero-order valence-corrected chi connectivity index (χ0v) is 14.2. The van der Waals surface area contributed by atoms with Crippen molar-refractivity contribution in [3.63, 3.8) is 0 Å². The van der Waals surface area contributed by atoms with Gasteiger partial charge in [0.1, 0.15) is 4.21 Å². The van der Waals surface area contributed by atoms with Crippen LogP contribution in [0.1, 0.15) is 43.9 Å². The Kier molecular flexibility index (Phi) is 4.69. The summed E-state index contributed by atoms with van der Waals surface area (Å²) in [6.45, 7) is 4.40. The highest BCUT2D eigenvalue weighted by Crippen LogP contribution is 2.40. The second-order valence-corrected chi connectivity index (χ2v) is 9.30. The Morgan fingerprint density at radius 3 is 2.90 bits per heavy atom. The average molecular weight is 329 g/mol. The van der Waals surface area contributed by atoms with Crippen LogP contribution in [0.2, 0.25) is 0 Å². The van der Waals surface area contributed by atoms with Crippen LogP contribution in [0.3, 0.4) is 0 Å². The van der Waals surface area contributed by atoms with E-state index < -0.39 is 10.0 Å². The van der Waals surface area contributed by atoms with Crippen LogP contribution in [0.5, 0.6) is 0 Å². The molecule has 3 rings (SSSR count). The van der Waals surface area contributed by atoms with Crippen LogP contribution in [0, 0.1) is 5.92 Å². The maximum absolute atomic E-state index is 12.9. The van der Waals surface area contributed by atoms with Gasteiger partial charge in [-0.3, -0.25) is 0 Å². The highest BCUT2D eigenvalue weighted by atomic mass is 32.2. The maximum atomic E-state index is 12.9. The molecule has 0 bridgehead atoms. The summed E-state index contributed by atoms with van der Waals surface area (Å²) in [5, 5.41) is 3.25. The predicted octanol–water partition coefficient (Wildman–Crippen LogP) is 2.81. The molecule has 1 aromatic rings. The number of nitrogens with one attached hydrogen (secondary N) is 1. The summed E-state index contributed by atoms with van der Waals surface area (Å²) in [6, 6.07) is 3.98. The third-order valence-electron chi connectivity index (χ3n) is 4.69. The number of hydrogen-bond acceptors (Lipinski definition) is 4. The lowest BCUT2D eigenvalue weighted by atomic mass is 9.94. The molecule has 118 valence electrons. The van der Waals surface area contributed by atoms with Crippen LogP contribution in [0.25, 0.3) is 0 Å². The van der Waals surface area contributed by atoms with Crippen molar-refractivity contribution in [2.45, 2.75) is 55.8 Å². The Labute approximate surface area is 131 Å². The summed E-state index contributed by atoms with van der Waals surface area (Å²) in [6.07, 6.45) is 5.63. The number of sulfonamides is 1. The summed E-state index contributed by atoms with van der Waals surface area (Å²) in [4.78, 5) is 1.09. The number of rotatable bonds is 5. The predicted molar refractivity (Wildman–Crippen MR) is 86.0 cm³/mol. The van der Waals surface area contributed by atoms with E-state index >= 15 is 0 Å². The first-order chi connectivity index (χ1) is 10.1. The van der Waals surface area contributed by atoms with Crippen LogP contribution in [-0.2, 0) is 16.6 Å². The van der Waals surface area contributed by atoms with Gasteiger partial charge in [-0.05, 0) is 50.3 Å². The van der Waals surface area contributed by atoms with E-state index in [1.807, 2.05) is 6.07 Å². The summed E-state index contributed by atoms with van der Waals surface area (Å²) in [7, 11) is -3.30. The smallest absolute Gasteiger partial charge is 0.252 e. The van der Waals surface area contributed by atoms with Gasteiger partial charge in [-0.15, -0.1) is 11.3 Å². The molecule has 2 unspecified atom stereocenters. The van der Waals surface area contributed by atoms with E-state index in [-0.39, 0.29) is 6.04 Å². The molecule has 2 aliphatic rings. The second-order valence-electron chi connectivity index (χ2n) is 6.02. The van der Waals surface area contributed by atoms with Crippen molar-refractivity contribution in [1.82, 2.24) is 9.62 Å². The zero-order valence-electron chi connectivity index (χ0n) is 12.5. The number of nitrogens with zero attached hydrogens (tertiary/aromatic N) is 1. The van der Waals surface area contributed by atoms with Crippen molar-refractivity contribution in [2.24, 2.45) is 5.92 Å². The largest absolute Gasteiger partial charge is 0.312 e. The van der Waals surface area contributed by atoms with Gasteiger partial charge in [-0.2, -0.15) is 4.31 Å². The van der Waals surface area contributed by atoms with Crippen molar-refractivity contribution >= 4 is 21.4 Å². The lowest BCUT2D eigenvalue weighted by Gasteiger charge is -2.36. The molecule has 2 atom stereocenters. The average Bonchev–Trinajstić information content (AvgIpc) is 3.13. The highest BCUT2D eigenvalue weighted by molar-refractivity contribution is 7.91. The minimum atomic E-state index is -3.30. The Hall–Kier alpha value is -0.430. The van der Waals surface area contributed by atoms with Crippen molar-refractivity contribution in [1.29, 1.82) is 0 Å². The molecule has 2 heterocycles. The van der Waals surface area contributed by atoms with Gasteiger partial charge in [0.25, 0.3) is 10.0 Å². The van der Waals surface area contributed by atoms with Gasteiger partial charge in [0.15, 0.2) is 0 Å². The normalized spacial score (nSPS) is 26.9. The summed E-state index contributed by atoms with van der Waals surface area (Å²) < 4.78 is 28.2. The second kappa shape index (κ2) is 6.36. The molecular weight excluding hydrogens is 304 g/mol. The van der Waals surface area contributed by atoms with Crippen molar-refractivity contribution in [3.05, 3.63) is 17.0 Å². The molecule has 1 saturated heterocycles. The number of hydrogen-bond donors (Lipinski definition) is 1. The fraction of sp³-hybridized carbons (Fsp3) is 0.733. The number of fused-ring (bicyclic) bond motifs is 1. The molecule has 1 N–H and O–H groups in total.